The van der Waals surface area contributed by atoms with Crippen molar-refractivity contribution in [1.82, 2.24) is 9.80 Å². The quantitative estimate of drug-likeness (QED) is 0.638. The molecule has 2 atom stereocenters. The molecule has 184 valence electrons. The van der Waals surface area contributed by atoms with Gasteiger partial charge in [0.25, 0.3) is 11.8 Å². The molecule has 0 saturated carbocycles. The largest absolute Gasteiger partial charge is 0.486 e. The van der Waals surface area contributed by atoms with Gasteiger partial charge in [-0.2, -0.15) is 0 Å². The number of carbonyl (C=O) groups is 2. The van der Waals surface area contributed by atoms with Crippen molar-refractivity contribution in [2.45, 2.75) is 69.4 Å². The van der Waals surface area contributed by atoms with Gasteiger partial charge < -0.3 is 19.3 Å². The number of benzene rings is 2. The summed E-state index contributed by atoms with van der Waals surface area (Å²) in [5.41, 5.74) is 0.693. The summed E-state index contributed by atoms with van der Waals surface area (Å²) in [4.78, 5) is 30.4. The van der Waals surface area contributed by atoms with Crippen LogP contribution in [0.3, 0.4) is 0 Å². The zero-order valence-electron chi connectivity index (χ0n) is 19.9. The number of halogens is 2. The Morgan fingerprint density at radius 1 is 1.06 bits per heavy atom. The molecule has 0 radical (unpaired) electrons. The van der Waals surface area contributed by atoms with Crippen molar-refractivity contribution in [2.24, 2.45) is 0 Å². The smallest absolute Gasteiger partial charge is 0.257 e. The average Bonchev–Trinajstić information content (AvgIpc) is 3.43. The Balaban J connectivity index is 1.18. The van der Waals surface area contributed by atoms with Gasteiger partial charge in [0.1, 0.15) is 29.2 Å². The van der Waals surface area contributed by atoms with Gasteiger partial charge in [-0.3, -0.25) is 9.59 Å². The van der Waals surface area contributed by atoms with Crippen LogP contribution in [0.1, 0.15) is 67.1 Å². The number of fused-ring (bicyclic) bond motifs is 2. The molecule has 0 bridgehead atoms. The van der Waals surface area contributed by atoms with Crippen LogP contribution in [-0.4, -0.2) is 52.1 Å². The molecule has 8 heteroatoms. The van der Waals surface area contributed by atoms with Gasteiger partial charge >= 0.3 is 0 Å². The van der Waals surface area contributed by atoms with E-state index in [4.69, 9.17) is 9.47 Å². The van der Waals surface area contributed by atoms with Crippen LogP contribution in [0.2, 0.25) is 0 Å². The van der Waals surface area contributed by atoms with Crippen LogP contribution >= 0.6 is 0 Å². The van der Waals surface area contributed by atoms with Crippen LogP contribution < -0.4 is 4.74 Å². The molecule has 4 aliphatic heterocycles. The van der Waals surface area contributed by atoms with E-state index in [2.05, 4.69) is 0 Å². The highest BCUT2D eigenvalue weighted by molar-refractivity contribution is 5.98. The number of likely N-dealkylation sites (tertiary alicyclic amines) is 1. The Kier molecular flexibility index (Phi) is 4.97. The maximum Gasteiger partial charge on any atom is 0.257 e. The topological polar surface area (TPSA) is 59.1 Å². The molecule has 4 heterocycles. The number of amides is 2. The van der Waals surface area contributed by atoms with E-state index in [9.17, 15) is 18.4 Å². The molecule has 0 N–H and O–H groups in total. The van der Waals surface area contributed by atoms with Crippen LogP contribution in [0.5, 0.6) is 5.75 Å². The third-order valence-electron chi connectivity index (χ3n) is 7.77. The van der Waals surface area contributed by atoms with Crippen molar-refractivity contribution in [3.8, 4) is 5.75 Å². The van der Waals surface area contributed by atoms with Gasteiger partial charge in [0.05, 0.1) is 11.6 Å². The fourth-order valence-electron chi connectivity index (χ4n) is 6.17. The van der Waals surface area contributed by atoms with E-state index in [0.717, 1.165) is 18.1 Å². The molecule has 3 saturated heterocycles. The number of piperidine rings is 1. The minimum Gasteiger partial charge on any atom is -0.486 e. The summed E-state index contributed by atoms with van der Waals surface area (Å²) in [6, 6.07) is 8.67. The van der Waals surface area contributed by atoms with Gasteiger partial charge in [-0.1, -0.05) is 12.1 Å². The Labute approximate surface area is 202 Å². The summed E-state index contributed by atoms with van der Waals surface area (Å²) >= 11 is 0. The fraction of sp³-hybridized carbons (Fsp3) is 0.481. The number of ether oxygens (including phenoxy) is 2. The van der Waals surface area contributed by atoms with Gasteiger partial charge in [0, 0.05) is 38.4 Å². The van der Waals surface area contributed by atoms with Crippen molar-refractivity contribution < 1.29 is 27.8 Å². The van der Waals surface area contributed by atoms with E-state index < -0.39 is 29.5 Å². The van der Waals surface area contributed by atoms with Crippen LogP contribution in [0, 0.1) is 11.6 Å². The summed E-state index contributed by atoms with van der Waals surface area (Å²) in [5.74, 6) is -0.905. The van der Waals surface area contributed by atoms with E-state index in [0.29, 0.717) is 55.6 Å². The predicted octanol–water partition coefficient (Wildman–Crippen LogP) is 4.37. The number of hydrogen-bond donors (Lipinski definition) is 0. The Hall–Kier alpha value is -3.00. The number of para-hydroxylation sites is 1. The first-order valence-corrected chi connectivity index (χ1v) is 12.2. The van der Waals surface area contributed by atoms with Gasteiger partial charge in [0.15, 0.2) is 5.60 Å². The molecular weight excluding hydrogens is 454 g/mol. The molecule has 0 unspecified atom stereocenters. The molecule has 2 amide bonds. The molecule has 2 aromatic carbocycles. The Morgan fingerprint density at radius 3 is 2.49 bits per heavy atom. The average molecular weight is 483 g/mol. The monoisotopic (exact) mass is 482 g/mol. The number of rotatable bonds is 2. The first-order valence-electron chi connectivity index (χ1n) is 12.2. The minimum atomic E-state index is -0.997. The summed E-state index contributed by atoms with van der Waals surface area (Å²) in [6.45, 7) is 4.79. The Morgan fingerprint density at radius 2 is 1.77 bits per heavy atom. The molecule has 1 spiro atoms. The van der Waals surface area contributed by atoms with Crippen LogP contribution in [-0.2, 0) is 16.0 Å². The zero-order valence-corrected chi connectivity index (χ0v) is 19.9. The Bertz CT molecular complexity index is 1200. The summed E-state index contributed by atoms with van der Waals surface area (Å²) < 4.78 is 40.0. The normalized spacial score (nSPS) is 26.1. The van der Waals surface area contributed by atoms with E-state index in [1.165, 1.54) is 12.1 Å². The lowest BCUT2D eigenvalue weighted by molar-refractivity contribution is -0.142. The number of carbonyl (C=O) groups excluding carboxylic acids is 2. The van der Waals surface area contributed by atoms with E-state index in [1.807, 2.05) is 26.0 Å². The van der Waals surface area contributed by atoms with Gasteiger partial charge in [-0.25, -0.2) is 8.78 Å². The van der Waals surface area contributed by atoms with Crippen molar-refractivity contribution >= 4 is 11.8 Å². The summed E-state index contributed by atoms with van der Waals surface area (Å²) in [7, 11) is 0. The molecule has 2 aromatic rings. The second-order valence-electron chi connectivity index (χ2n) is 10.7. The molecule has 35 heavy (non-hydrogen) atoms. The molecule has 6 nitrogen and oxygen atoms in total. The standard InChI is InChI=1S/C27H28F2N2O4/c1-26(2)15-16-4-3-5-20(23(16)35-26)24(32)30-10-8-27(9-11-30)25(33)31-21(6-7-22(31)34-27)17-12-18(28)14-19(29)13-17/h3-5,12-14,21-22H,6-11,15H2,1-2H3/t21-,22+/m0/s1. The second kappa shape index (κ2) is 7.75. The van der Waals surface area contributed by atoms with E-state index in [-0.39, 0.29) is 17.4 Å². The molecule has 0 aliphatic carbocycles. The fourth-order valence-corrected chi connectivity index (χ4v) is 6.17. The first kappa shape index (κ1) is 22.5. The zero-order chi connectivity index (χ0) is 24.5. The maximum atomic E-state index is 13.8. The van der Waals surface area contributed by atoms with Crippen molar-refractivity contribution in [3.63, 3.8) is 0 Å². The van der Waals surface area contributed by atoms with Gasteiger partial charge in [0.2, 0.25) is 0 Å². The third kappa shape index (κ3) is 3.61. The SMILES string of the molecule is CC1(C)Cc2cccc(C(=O)N3CCC4(CC3)O[C@@H]3CC[C@@H](c5cc(F)cc(F)c5)N3C4=O)c2O1. The van der Waals surface area contributed by atoms with Gasteiger partial charge in [-0.05, 0) is 56.0 Å². The highest BCUT2D eigenvalue weighted by Crippen LogP contribution is 2.48. The summed E-state index contributed by atoms with van der Waals surface area (Å²) in [6.07, 6.45) is 2.32. The molecule has 0 aromatic heterocycles. The van der Waals surface area contributed by atoms with Crippen molar-refractivity contribution in [1.29, 1.82) is 0 Å². The van der Waals surface area contributed by atoms with Crippen LogP contribution in [0.25, 0.3) is 0 Å². The highest BCUT2D eigenvalue weighted by Gasteiger charge is 2.58. The minimum absolute atomic E-state index is 0.103. The number of nitrogens with zero attached hydrogens (tertiary/aromatic N) is 2. The van der Waals surface area contributed by atoms with E-state index >= 15 is 0 Å². The molecule has 4 aliphatic rings. The number of hydrogen-bond acceptors (Lipinski definition) is 4. The van der Waals surface area contributed by atoms with Gasteiger partial charge in [-0.15, -0.1) is 0 Å². The third-order valence-corrected chi connectivity index (χ3v) is 7.77. The van der Waals surface area contributed by atoms with Crippen molar-refractivity contribution in [3.05, 3.63) is 64.7 Å². The molecule has 3 fully saturated rings. The highest BCUT2D eigenvalue weighted by atomic mass is 19.1. The molecule has 6 rings (SSSR count). The lowest BCUT2D eigenvalue weighted by Gasteiger charge is -2.37. The second-order valence-corrected chi connectivity index (χ2v) is 10.7. The van der Waals surface area contributed by atoms with Crippen LogP contribution in [0.15, 0.2) is 36.4 Å². The van der Waals surface area contributed by atoms with Crippen LogP contribution in [0.4, 0.5) is 8.78 Å². The lowest BCUT2D eigenvalue weighted by Crippen LogP contribution is -2.51. The lowest BCUT2D eigenvalue weighted by atomic mass is 9.89. The van der Waals surface area contributed by atoms with Crippen molar-refractivity contribution in [2.75, 3.05) is 13.1 Å². The van der Waals surface area contributed by atoms with E-state index in [1.54, 1.807) is 15.9 Å². The molecular formula is C27H28F2N2O4. The maximum absolute atomic E-state index is 13.8. The summed E-state index contributed by atoms with van der Waals surface area (Å²) in [5, 5.41) is 0. The predicted molar refractivity (Wildman–Crippen MR) is 123 cm³/mol. The first-order chi connectivity index (χ1) is 16.7.